The zero-order valence-corrected chi connectivity index (χ0v) is 10.4. The van der Waals surface area contributed by atoms with Gasteiger partial charge in [-0.15, -0.1) is 0 Å². The van der Waals surface area contributed by atoms with Crippen LogP contribution in [0.3, 0.4) is 0 Å². The van der Waals surface area contributed by atoms with E-state index in [0.29, 0.717) is 0 Å². The van der Waals surface area contributed by atoms with Gasteiger partial charge in [-0.05, 0) is 31.8 Å². The number of allylic oxidation sites excluding steroid dienone is 1. The van der Waals surface area contributed by atoms with Crippen molar-refractivity contribution < 1.29 is 9.53 Å². The van der Waals surface area contributed by atoms with Gasteiger partial charge in [0.15, 0.2) is 0 Å². The van der Waals surface area contributed by atoms with E-state index in [1.807, 2.05) is 26.0 Å². The molecule has 0 amide bonds. The van der Waals surface area contributed by atoms with Crippen LogP contribution < -0.4 is 5.73 Å². The molecule has 0 bridgehead atoms. The molecule has 2 atom stereocenters. The maximum absolute atomic E-state index is 10.6. The molecule has 0 saturated carbocycles. The molecule has 0 saturated heterocycles. The predicted octanol–water partition coefficient (Wildman–Crippen LogP) is 2.91. The largest absolute Gasteiger partial charge is 0.450 e. The molecule has 1 aliphatic rings. The Morgan fingerprint density at radius 1 is 1.40 bits per heavy atom. The van der Waals surface area contributed by atoms with Crippen LogP contribution >= 0.6 is 12.6 Å². The molecule has 88 valence electrons. The van der Waals surface area contributed by atoms with Crippen LogP contribution in [-0.2, 0) is 4.74 Å². The number of rotatable bonds is 1. The zero-order chi connectivity index (χ0) is 11.7. The Labute approximate surface area is 97.5 Å². The van der Waals surface area contributed by atoms with E-state index in [4.69, 9.17) is 10.5 Å². The maximum Gasteiger partial charge on any atom is 0.364 e. The summed E-state index contributed by atoms with van der Waals surface area (Å²) >= 11 is 3.57. The molecule has 4 heteroatoms. The van der Waals surface area contributed by atoms with E-state index in [-0.39, 0.29) is 12.1 Å². The molecule has 0 aromatic carbocycles. The fourth-order valence-electron chi connectivity index (χ4n) is 1.40. The lowest BCUT2D eigenvalue weighted by Crippen LogP contribution is -2.24. The fraction of sp³-hybridized carbons (Fsp3) is 0.727. The second kappa shape index (κ2) is 8.80. The van der Waals surface area contributed by atoms with Gasteiger partial charge in [-0.25, -0.2) is 4.79 Å². The van der Waals surface area contributed by atoms with Crippen LogP contribution in [0.15, 0.2) is 12.2 Å². The second-order valence-corrected chi connectivity index (χ2v) is 3.63. The number of hydrogen-bond donors (Lipinski definition) is 2. The van der Waals surface area contributed by atoms with Crippen molar-refractivity contribution in [3.05, 3.63) is 12.2 Å². The summed E-state index contributed by atoms with van der Waals surface area (Å²) < 4.78 is 4.96. The Kier molecular flexibility index (Phi) is 8.52. The Morgan fingerprint density at radius 2 is 2.07 bits per heavy atom. The highest BCUT2D eigenvalue weighted by Crippen LogP contribution is 2.14. The molecule has 2 N–H and O–H groups in total. The Morgan fingerprint density at radius 3 is 2.67 bits per heavy atom. The summed E-state index contributed by atoms with van der Waals surface area (Å²) in [6.45, 7) is 4.00. The molecule has 0 fully saturated rings. The SMILES string of the molecule is CC.NC1CC/C=C/C(OC(=O)S)CC1. The van der Waals surface area contributed by atoms with Gasteiger partial charge in [0.05, 0.1) is 0 Å². The lowest BCUT2D eigenvalue weighted by atomic mass is 10.0. The van der Waals surface area contributed by atoms with E-state index >= 15 is 0 Å². The average molecular weight is 231 g/mol. The standard InChI is InChI=1S/C9H15NO2S.C2H6/c10-7-3-1-2-4-8(6-5-7)12-9(11)13;1-2/h2,4,7-8H,1,3,5-6,10H2,(H,11,13);1-2H3/b4-2+;. The van der Waals surface area contributed by atoms with Gasteiger partial charge in [0.1, 0.15) is 6.10 Å². The summed E-state index contributed by atoms with van der Waals surface area (Å²) in [5.74, 6) is 0. The summed E-state index contributed by atoms with van der Waals surface area (Å²) in [5.41, 5.74) is 5.80. The van der Waals surface area contributed by atoms with E-state index in [1.54, 1.807) is 0 Å². The Balaban J connectivity index is 0.000000921. The normalized spacial score (nSPS) is 27.7. The highest BCUT2D eigenvalue weighted by Gasteiger charge is 2.13. The van der Waals surface area contributed by atoms with Crippen molar-refractivity contribution in [3.63, 3.8) is 0 Å². The van der Waals surface area contributed by atoms with Gasteiger partial charge in [0.25, 0.3) is 0 Å². The lowest BCUT2D eigenvalue weighted by Gasteiger charge is -2.18. The van der Waals surface area contributed by atoms with Crippen molar-refractivity contribution >= 4 is 17.9 Å². The van der Waals surface area contributed by atoms with Gasteiger partial charge in [0.2, 0.25) is 0 Å². The number of ether oxygens (including phenoxy) is 1. The molecule has 2 unspecified atom stereocenters. The lowest BCUT2D eigenvalue weighted by molar-refractivity contribution is 0.139. The monoisotopic (exact) mass is 231 g/mol. The van der Waals surface area contributed by atoms with Crippen LogP contribution in [0, 0.1) is 0 Å². The predicted molar refractivity (Wildman–Crippen MR) is 66.2 cm³/mol. The molecule has 3 nitrogen and oxygen atoms in total. The number of nitrogens with two attached hydrogens (primary N) is 1. The highest BCUT2D eigenvalue weighted by molar-refractivity contribution is 7.96. The Bertz CT molecular complexity index is 207. The number of thiol groups is 1. The molecule has 0 aliphatic heterocycles. The molecular formula is C11H21NO2S. The van der Waals surface area contributed by atoms with Crippen LogP contribution in [0.1, 0.15) is 39.5 Å². The minimum atomic E-state index is -0.524. The van der Waals surface area contributed by atoms with Gasteiger partial charge in [-0.3, -0.25) is 0 Å². The number of carbonyl (C=O) groups excluding carboxylic acids is 1. The molecule has 15 heavy (non-hydrogen) atoms. The van der Waals surface area contributed by atoms with Crippen molar-refractivity contribution in [2.24, 2.45) is 5.73 Å². The minimum Gasteiger partial charge on any atom is -0.450 e. The third-order valence-electron chi connectivity index (χ3n) is 2.13. The van der Waals surface area contributed by atoms with Crippen molar-refractivity contribution in [1.29, 1.82) is 0 Å². The van der Waals surface area contributed by atoms with Gasteiger partial charge >= 0.3 is 5.30 Å². The van der Waals surface area contributed by atoms with E-state index in [0.717, 1.165) is 25.7 Å². The fourth-order valence-corrected chi connectivity index (χ4v) is 1.54. The first-order valence-electron chi connectivity index (χ1n) is 5.50. The maximum atomic E-state index is 10.6. The molecule has 1 aliphatic carbocycles. The topological polar surface area (TPSA) is 52.3 Å². The van der Waals surface area contributed by atoms with Crippen LogP contribution in [-0.4, -0.2) is 17.4 Å². The molecule has 0 radical (unpaired) electrons. The summed E-state index contributed by atoms with van der Waals surface area (Å²) in [7, 11) is 0. The van der Waals surface area contributed by atoms with E-state index in [1.165, 1.54) is 0 Å². The molecule has 0 aromatic rings. The van der Waals surface area contributed by atoms with E-state index in [9.17, 15) is 4.79 Å². The van der Waals surface area contributed by atoms with Crippen molar-refractivity contribution in [3.8, 4) is 0 Å². The zero-order valence-electron chi connectivity index (χ0n) is 9.48. The van der Waals surface area contributed by atoms with E-state index < -0.39 is 5.30 Å². The first-order chi connectivity index (χ1) is 7.18. The first kappa shape index (κ1) is 14.5. The van der Waals surface area contributed by atoms with Gasteiger partial charge in [0, 0.05) is 6.04 Å². The molecular weight excluding hydrogens is 210 g/mol. The van der Waals surface area contributed by atoms with Gasteiger partial charge < -0.3 is 10.5 Å². The number of hydrogen-bond acceptors (Lipinski definition) is 3. The van der Waals surface area contributed by atoms with Crippen LogP contribution in [0.2, 0.25) is 0 Å². The quantitative estimate of drug-likeness (QED) is 0.414. The van der Waals surface area contributed by atoms with Crippen molar-refractivity contribution in [1.82, 2.24) is 0 Å². The highest BCUT2D eigenvalue weighted by atomic mass is 32.1. The molecule has 0 spiro atoms. The van der Waals surface area contributed by atoms with Crippen LogP contribution in [0.5, 0.6) is 0 Å². The minimum absolute atomic E-state index is 0.142. The molecule has 0 aromatic heterocycles. The smallest absolute Gasteiger partial charge is 0.364 e. The first-order valence-corrected chi connectivity index (χ1v) is 5.95. The average Bonchev–Trinajstić information content (AvgIpc) is 2.20. The second-order valence-electron chi connectivity index (χ2n) is 3.27. The summed E-state index contributed by atoms with van der Waals surface area (Å²) in [6.07, 6.45) is 7.46. The van der Waals surface area contributed by atoms with E-state index in [2.05, 4.69) is 12.6 Å². The van der Waals surface area contributed by atoms with Crippen molar-refractivity contribution in [2.75, 3.05) is 0 Å². The van der Waals surface area contributed by atoms with Gasteiger partial charge in [-0.2, -0.15) is 0 Å². The Hall–Kier alpha value is -0.480. The van der Waals surface area contributed by atoms with Crippen LogP contribution in [0.4, 0.5) is 4.79 Å². The van der Waals surface area contributed by atoms with Crippen LogP contribution in [0.25, 0.3) is 0 Å². The van der Waals surface area contributed by atoms with Gasteiger partial charge in [-0.1, -0.05) is 32.6 Å². The van der Waals surface area contributed by atoms with Crippen molar-refractivity contribution in [2.45, 2.75) is 51.7 Å². The third-order valence-corrected chi connectivity index (χ3v) is 2.23. The summed E-state index contributed by atoms with van der Waals surface area (Å²) in [5, 5.41) is -0.524. The third kappa shape index (κ3) is 7.45. The summed E-state index contributed by atoms with van der Waals surface area (Å²) in [4.78, 5) is 10.6. The molecule has 1 rings (SSSR count). The molecule has 0 heterocycles. The number of carbonyl (C=O) groups is 1. The summed E-state index contributed by atoms with van der Waals surface area (Å²) in [6, 6.07) is 0.228.